The smallest absolute Gasteiger partial charge is 0.220 e. The van der Waals surface area contributed by atoms with Crippen molar-refractivity contribution in [1.29, 1.82) is 0 Å². The van der Waals surface area contributed by atoms with E-state index in [2.05, 4.69) is 202 Å². The van der Waals surface area contributed by atoms with Crippen LogP contribution in [0.1, 0.15) is 58.2 Å². The normalized spacial score (nSPS) is 12.1. The molecule has 0 amide bonds. The zero-order valence-corrected chi connectivity index (χ0v) is 38.1. The number of aryl methyl sites for hydroxylation is 1. The number of hydrogen-bond donors (Lipinski definition) is 0. The molecule has 4 aromatic heterocycles. The summed E-state index contributed by atoms with van der Waals surface area (Å²) in [5.74, 6) is 1.57. The van der Waals surface area contributed by atoms with Crippen molar-refractivity contribution in [1.82, 2.24) is 23.7 Å². The van der Waals surface area contributed by atoms with Crippen LogP contribution in [-0.4, -0.2) is 30.8 Å². The first kappa shape index (κ1) is 40.2. The molecule has 0 unspecified atom stereocenters. The molecule has 0 fully saturated rings. The van der Waals surface area contributed by atoms with Crippen molar-refractivity contribution in [3.05, 3.63) is 169 Å². The largest absolute Gasteiger partial charge is 0.497 e. The molecule has 0 atom stereocenters. The molecule has 0 aliphatic heterocycles. The second-order valence-corrected chi connectivity index (χ2v) is 17.9. The van der Waals surface area contributed by atoms with Gasteiger partial charge in [-0.1, -0.05) is 138 Å². The maximum atomic E-state index is 5.83. The number of methoxy groups -OCH3 is 1. The third kappa shape index (κ3) is 6.69. The molecule has 306 valence electrons. The van der Waals surface area contributed by atoms with Crippen molar-refractivity contribution in [3.8, 4) is 45.3 Å². The minimum Gasteiger partial charge on any atom is -0.497 e. The van der Waals surface area contributed by atoms with Crippen LogP contribution in [0.25, 0.3) is 83.4 Å². The molecule has 0 saturated carbocycles. The predicted octanol–water partition coefficient (Wildman–Crippen LogP) is 13.5. The first-order valence-corrected chi connectivity index (χ1v) is 20.7. The van der Waals surface area contributed by atoms with E-state index in [1.54, 1.807) is 7.11 Å². The average molecular weight is 978 g/mol. The summed E-state index contributed by atoms with van der Waals surface area (Å²) in [5, 5.41) is 4.37. The predicted molar refractivity (Wildman–Crippen MR) is 248 cm³/mol. The summed E-state index contributed by atoms with van der Waals surface area (Å²) in [5.41, 5.74) is 13.8. The van der Waals surface area contributed by atoms with Crippen LogP contribution in [0.3, 0.4) is 0 Å². The number of imidazole rings is 1. The zero-order valence-electron chi connectivity index (χ0n) is 35.8. The Morgan fingerprint density at radius 3 is 1.84 bits per heavy atom. The van der Waals surface area contributed by atoms with Gasteiger partial charge in [-0.2, -0.15) is 0 Å². The number of aromatic nitrogens is 5. The Bertz CT molecular complexity index is 3260. The van der Waals surface area contributed by atoms with E-state index in [9.17, 15) is 0 Å². The topological polar surface area (TPSA) is 49.8 Å². The fraction of sp³-hybridized carbons (Fsp3) is 0.185. The van der Waals surface area contributed by atoms with Crippen molar-refractivity contribution >= 4 is 43.9 Å². The van der Waals surface area contributed by atoms with Crippen LogP contribution in [0.15, 0.2) is 146 Å². The van der Waals surface area contributed by atoms with Crippen molar-refractivity contribution in [3.63, 3.8) is 0 Å². The number of benzene rings is 6. The number of rotatable bonds is 6. The van der Waals surface area contributed by atoms with Crippen LogP contribution in [0.2, 0.25) is 0 Å². The van der Waals surface area contributed by atoms with Crippen LogP contribution in [0.4, 0.5) is 0 Å². The Morgan fingerprint density at radius 1 is 0.623 bits per heavy atom. The van der Waals surface area contributed by atoms with Gasteiger partial charge in [0.05, 0.1) is 18.1 Å². The molecule has 6 aromatic carbocycles. The summed E-state index contributed by atoms with van der Waals surface area (Å²) < 4.78 is 12.4. The zero-order chi connectivity index (χ0) is 41.5. The monoisotopic (exact) mass is 977 g/mol. The van der Waals surface area contributed by atoms with Crippen LogP contribution < -0.4 is 4.74 Å². The fourth-order valence-electron chi connectivity index (χ4n) is 8.79. The number of ether oxygens (including phenoxy) is 1. The van der Waals surface area contributed by atoms with Crippen molar-refractivity contribution in [2.75, 3.05) is 7.11 Å². The standard InChI is InChI=1S/C54H48N5O.Pt/c1-34-15-9-10-16-42(34)36-31-38(54(5,6)7)33-40(32-36)58-45-19-13-11-17-43(45)48-47(35-21-27-41(60-8)28-22-35)49-44-18-12-14-20-46(44)59(51(49)56-50(48)58)52-55-29-30-57(52)39-25-23-37(24-26-39)53(2,3)4;/h9-31,33H,1-8H3;/q-1;. The SMILES string of the molecule is COc1ccc(-c2c3c4ccccc4n(-c4[c-]c(-c5ccccc5C)cc(C(C)(C)C)c4)c3nc3c2c2ccccc2n3-c2nccn2-c2ccc(C(C)(C)C)cc2)cc1.[Pt]. The molecule has 0 aliphatic carbocycles. The van der Waals surface area contributed by atoms with Crippen LogP contribution >= 0.6 is 0 Å². The quantitative estimate of drug-likeness (QED) is 0.156. The molecule has 0 aliphatic rings. The summed E-state index contributed by atoms with van der Waals surface area (Å²) in [6.07, 6.45) is 3.93. The Hall–Kier alpha value is -6.23. The number of pyridine rings is 1. The molecule has 0 radical (unpaired) electrons. The fourth-order valence-corrected chi connectivity index (χ4v) is 8.79. The van der Waals surface area contributed by atoms with Gasteiger partial charge in [0.15, 0.2) is 5.65 Å². The van der Waals surface area contributed by atoms with Gasteiger partial charge in [-0.3, -0.25) is 9.13 Å². The third-order valence-electron chi connectivity index (χ3n) is 12.0. The third-order valence-corrected chi connectivity index (χ3v) is 12.0. The number of para-hydroxylation sites is 2. The summed E-state index contributed by atoms with van der Waals surface area (Å²) in [7, 11) is 1.71. The van der Waals surface area contributed by atoms with E-state index in [4.69, 9.17) is 14.7 Å². The Morgan fingerprint density at radius 2 is 1.21 bits per heavy atom. The van der Waals surface area contributed by atoms with Crippen molar-refractivity contribution in [2.24, 2.45) is 0 Å². The van der Waals surface area contributed by atoms with Gasteiger partial charge in [0, 0.05) is 66.3 Å². The molecule has 10 rings (SSSR count). The summed E-state index contributed by atoms with van der Waals surface area (Å²) in [6.45, 7) is 15.7. The van der Waals surface area contributed by atoms with E-state index in [0.717, 1.165) is 83.6 Å². The second kappa shape index (κ2) is 15.0. The van der Waals surface area contributed by atoms with E-state index >= 15 is 0 Å². The van der Waals surface area contributed by atoms with Gasteiger partial charge in [0.2, 0.25) is 5.95 Å². The van der Waals surface area contributed by atoms with E-state index in [-0.39, 0.29) is 31.9 Å². The molecule has 0 N–H and O–H groups in total. The van der Waals surface area contributed by atoms with E-state index < -0.39 is 0 Å². The summed E-state index contributed by atoms with van der Waals surface area (Å²) in [6, 6.07) is 51.7. The van der Waals surface area contributed by atoms with Crippen molar-refractivity contribution < 1.29 is 25.8 Å². The molecule has 0 saturated heterocycles. The number of nitrogens with zero attached hydrogens (tertiary/aromatic N) is 5. The van der Waals surface area contributed by atoms with Gasteiger partial charge in [-0.15, -0.1) is 29.3 Å². The molecule has 0 spiro atoms. The van der Waals surface area contributed by atoms with E-state index in [0.29, 0.717) is 0 Å². The second-order valence-electron chi connectivity index (χ2n) is 17.9. The molecular formula is C54H48N5OPt-. The van der Waals surface area contributed by atoms with Gasteiger partial charge >= 0.3 is 0 Å². The molecular weight excluding hydrogens is 930 g/mol. The van der Waals surface area contributed by atoms with Crippen LogP contribution in [0, 0.1) is 13.0 Å². The summed E-state index contributed by atoms with van der Waals surface area (Å²) >= 11 is 0. The van der Waals surface area contributed by atoms with E-state index in [1.165, 1.54) is 22.3 Å². The first-order valence-electron chi connectivity index (χ1n) is 20.7. The van der Waals surface area contributed by atoms with Crippen LogP contribution in [-0.2, 0) is 31.9 Å². The van der Waals surface area contributed by atoms with Gasteiger partial charge < -0.3 is 9.30 Å². The van der Waals surface area contributed by atoms with Gasteiger partial charge in [0.25, 0.3) is 0 Å². The molecule has 0 bridgehead atoms. The maximum absolute atomic E-state index is 5.83. The average Bonchev–Trinajstić information content (AvgIpc) is 3.95. The van der Waals surface area contributed by atoms with Gasteiger partial charge in [-0.25, -0.2) is 9.97 Å². The van der Waals surface area contributed by atoms with Crippen LogP contribution in [0.5, 0.6) is 5.75 Å². The maximum Gasteiger partial charge on any atom is 0.220 e. The van der Waals surface area contributed by atoms with Gasteiger partial charge in [0.1, 0.15) is 11.4 Å². The first-order chi connectivity index (χ1) is 28.9. The van der Waals surface area contributed by atoms with Gasteiger partial charge in [-0.05, 0) is 71.0 Å². The number of hydrogen-bond acceptors (Lipinski definition) is 3. The Kier molecular flexibility index (Phi) is 9.91. The van der Waals surface area contributed by atoms with Crippen molar-refractivity contribution in [2.45, 2.75) is 59.3 Å². The minimum atomic E-state index is -0.121. The molecule has 7 heteroatoms. The summed E-state index contributed by atoms with van der Waals surface area (Å²) in [4.78, 5) is 10.9. The number of fused-ring (bicyclic) bond motifs is 6. The molecule has 4 heterocycles. The minimum absolute atomic E-state index is 0. The van der Waals surface area contributed by atoms with E-state index in [1.807, 2.05) is 12.4 Å². The Labute approximate surface area is 371 Å². The molecule has 10 aromatic rings. The molecule has 61 heavy (non-hydrogen) atoms. The molecule has 6 nitrogen and oxygen atoms in total. The Balaban J connectivity index is 0.00000476.